The lowest BCUT2D eigenvalue weighted by Crippen LogP contribution is -2.42. The Morgan fingerprint density at radius 2 is 2.33 bits per heavy atom. The summed E-state index contributed by atoms with van der Waals surface area (Å²) in [5, 5.41) is 7.16. The van der Waals surface area contributed by atoms with E-state index in [1.807, 2.05) is 29.5 Å². The minimum absolute atomic E-state index is 0.0102. The van der Waals surface area contributed by atoms with E-state index < -0.39 is 0 Å². The van der Waals surface area contributed by atoms with Crippen molar-refractivity contribution >= 4 is 11.8 Å². The molecule has 1 aliphatic heterocycles. The second-order valence-corrected chi connectivity index (χ2v) is 5.38. The minimum atomic E-state index is -0.0102. The van der Waals surface area contributed by atoms with Crippen LogP contribution in [0.3, 0.4) is 0 Å². The summed E-state index contributed by atoms with van der Waals surface area (Å²) in [4.78, 5) is 14.1. The van der Waals surface area contributed by atoms with Gasteiger partial charge in [0.2, 0.25) is 0 Å². The number of hydrogen-bond acceptors (Lipinski definition) is 2. The molecule has 0 spiro atoms. The SMILES string of the molecule is CC1CCCN(C(=O)Nc2ccnn2C(C)C)C1. The number of nitrogens with zero attached hydrogens (tertiary/aromatic N) is 3. The third kappa shape index (κ3) is 2.83. The molecule has 0 aromatic carbocycles. The smallest absolute Gasteiger partial charge is 0.323 e. The molecule has 1 unspecified atom stereocenters. The molecule has 100 valence electrons. The van der Waals surface area contributed by atoms with Gasteiger partial charge in [-0.3, -0.25) is 5.32 Å². The van der Waals surface area contributed by atoms with Gasteiger partial charge >= 0.3 is 6.03 Å². The summed E-state index contributed by atoms with van der Waals surface area (Å²) in [7, 11) is 0. The zero-order valence-electron chi connectivity index (χ0n) is 11.4. The van der Waals surface area contributed by atoms with Crippen LogP contribution in [0.4, 0.5) is 10.6 Å². The highest BCUT2D eigenvalue weighted by Gasteiger charge is 2.21. The third-order valence-corrected chi connectivity index (χ3v) is 3.34. The normalized spacial score (nSPS) is 20.2. The fourth-order valence-electron chi connectivity index (χ4n) is 2.39. The zero-order chi connectivity index (χ0) is 13.1. The van der Waals surface area contributed by atoms with Crippen molar-refractivity contribution in [3.63, 3.8) is 0 Å². The molecule has 18 heavy (non-hydrogen) atoms. The number of hydrogen-bond donors (Lipinski definition) is 1. The van der Waals surface area contributed by atoms with Crippen molar-refractivity contribution in [3.05, 3.63) is 12.3 Å². The lowest BCUT2D eigenvalue weighted by molar-refractivity contribution is 0.182. The van der Waals surface area contributed by atoms with E-state index in [0.717, 1.165) is 25.3 Å². The first kappa shape index (κ1) is 12.9. The fourth-order valence-corrected chi connectivity index (χ4v) is 2.39. The lowest BCUT2D eigenvalue weighted by atomic mass is 10.0. The van der Waals surface area contributed by atoms with E-state index in [1.54, 1.807) is 6.20 Å². The van der Waals surface area contributed by atoms with Crippen LogP contribution < -0.4 is 5.32 Å². The largest absolute Gasteiger partial charge is 0.324 e. The molecule has 1 fully saturated rings. The average molecular weight is 250 g/mol. The Hall–Kier alpha value is -1.52. The zero-order valence-corrected chi connectivity index (χ0v) is 11.4. The molecule has 0 saturated carbocycles. The molecule has 1 atom stereocenters. The molecule has 2 heterocycles. The second-order valence-electron chi connectivity index (χ2n) is 5.38. The van der Waals surface area contributed by atoms with Gasteiger partial charge < -0.3 is 4.90 Å². The summed E-state index contributed by atoms with van der Waals surface area (Å²) in [5.74, 6) is 1.37. The molecule has 2 amide bonds. The van der Waals surface area contributed by atoms with Crippen LogP contribution in [-0.4, -0.2) is 33.8 Å². The Bertz CT molecular complexity index is 413. The van der Waals surface area contributed by atoms with E-state index in [9.17, 15) is 4.79 Å². The highest BCUT2D eigenvalue weighted by atomic mass is 16.2. The van der Waals surface area contributed by atoms with E-state index in [4.69, 9.17) is 0 Å². The van der Waals surface area contributed by atoms with Gasteiger partial charge in [0.05, 0.1) is 6.20 Å². The highest BCUT2D eigenvalue weighted by molar-refractivity contribution is 5.88. The van der Waals surface area contributed by atoms with Crippen LogP contribution >= 0.6 is 0 Å². The van der Waals surface area contributed by atoms with E-state index in [2.05, 4.69) is 17.3 Å². The first-order chi connectivity index (χ1) is 8.58. The number of urea groups is 1. The van der Waals surface area contributed by atoms with Crippen molar-refractivity contribution in [2.24, 2.45) is 5.92 Å². The van der Waals surface area contributed by atoms with Crippen LogP contribution in [0.15, 0.2) is 12.3 Å². The summed E-state index contributed by atoms with van der Waals surface area (Å²) >= 11 is 0. The van der Waals surface area contributed by atoms with Gasteiger partial charge in [-0.05, 0) is 32.6 Å². The number of likely N-dealkylation sites (tertiary alicyclic amines) is 1. The number of nitrogens with one attached hydrogen (secondary N) is 1. The fraction of sp³-hybridized carbons (Fsp3) is 0.692. The van der Waals surface area contributed by atoms with Gasteiger partial charge in [-0.2, -0.15) is 5.10 Å². The van der Waals surface area contributed by atoms with Gasteiger partial charge in [-0.1, -0.05) is 6.92 Å². The van der Waals surface area contributed by atoms with Gasteiger partial charge in [0.1, 0.15) is 5.82 Å². The van der Waals surface area contributed by atoms with Crippen LogP contribution in [0.25, 0.3) is 0 Å². The number of anilines is 1. The Kier molecular flexibility index (Phi) is 3.89. The van der Waals surface area contributed by atoms with E-state index in [0.29, 0.717) is 5.92 Å². The highest BCUT2D eigenvalue weighted by Crippen LogP contribution is 2.18. The molecule has 1 aliphatic rings. The summed E-state index contributed by atoms with van der Waals surface area (Å²) in [6.45, 7) is 7.99. The molecule has 1 aromatic heterocycles. The third-order valence-electron chi connectivity index (χ3n) is 3.34. The lowest BCUT2D eigenvalue weighted by Gasteiger charge is -2.31. The molecule has 1 saturated heterocycles. The van der Waals surface area contributed by atoms with E-state index in [1.165, 1.54) is 6.42 Å². The quantitative estimate of drug-likeness (QED) is 0.877. The average Bonchev–Trinajstić information content (AvgIpc) is 2.77. The van der Waals surface area contributed by atoms with Crippen molar-refractivity contribution in [2.45, 2.75) is 39.7 Å². The van der Waals surface area contributed by atoms with Crippen molar-refractivity contribution in [1.82, 2.24) is 14.7 Å². The number of carbonyl (C=O) groups is 1. The van der Waals surface area contributed by atoms with Crippen LogP contribution in [0, 0.1) is 5.92 Å². The van der Waals surface area contributed by atoms with Crippen molar-refractivity contribution in [3.8, 4) is 0 Å². The molecule has 5 nitrogen and oxygen atoms in total. The molecule has 1 aromatic rings. The maximum absolute atomic E-state index is 12.2. The topological polar surface area (TPSA) is 50.2 Å². The van der Waals surface area contributed by atoms with Crippen molar-refractivity contribution in [2.75, 3.05) is 18.4 Å². The van der Waals surface area contributed by atoms with Gasteiger partial charge in [0, 0.05) is 25.2 Å². The van der Waals surface area contributed by atoms with Gasteiger partial charge in [-0.25, -0.2) is 9.48 Å². The molecule has 0 bridgehead atoms. The predicted octanol–water partition coefficient (Wildman–Crippen LogP) is 2.73. The summed E-state index contributed by atoms with van der Waals surface area (Å²) in [5.41, 5.74) is 0. The van der Waals surface area contributed by atoms with Crippen LogP contribution in [0.5, 0.6) is 0 Å². The van der Waals surface area contributed by atoms with Crippen molar-refractivity contribution < 1.29 is 4.79 Å². The van der Waals surface area contributed by atoms with E-state index >= 15 is 0 Å². The Morgan fingerprint density at radius 3 is 3.00 bits per heavy atom. The number of aromatic nitrogens is 2. The first-order valence-corrected chi connectivity index (χ1v) is 6.67. The Labute approximate surface area is 108 Å². The monoisotopic (exact) mass is 250 g/mol. The number of carbonyl (C=O) groups excluding carboxylic acids is 1. The van der Waals surface area contributed by atoms with Crippen LogP contribution in [0.1, 0.15) is 39.7 Å². The van der Waals surface area contributed by atoms with E-state index in [-0.39, 0.29) is 12.1 Å². The molecule has 1 N–H and O–H groups in total. The first-order valence-electron chi connectivity index (χ1n) is 6.67. The second kappa shape index (κ2) is 5.42. The Balaban J connectivity index is 2.00. The standard InChI is InChI=1S/C13H22N4O/c1-10(2)17-12(6-7-14-17)15-13(18)16-8-4-5-11(3)9-16/h6-7,10-11H,4-5,8-9H2,1-3H3,(H,15,18). The maximum Gasteiger partial charge on any atom is 0.323 e. The minimum Gasteiger partial charge on any atom is -0.324 e. The Morgan fingerprint density at radius 1 is 1.56 bits per heavy atom. The molecule has 0 radical (unpaired) electrons. The van der Waals surface area contributed by atoms with Crippen molar-refractivity contribution in [1.29, 1.82) is 0 Å². The summed E-state index contributed by atoms with van der Waals surface area (Å²) < 4.78 is 1.82. The number of amides is 2. The molecular formula is C13H22N4O. The van der Waals surface area contributed by atoms with Crippen LogP contribution in [-0.2, 0) is 0 Å². The summed E-state index contributed by atoms with van der Waals surface area (Å²) in [6, 6.07) is 2.07. The predicted molar refractivity (Wildman–Crippen MR) is 71.6 cm³/mol. The number of rotatable bonds is 2. The molecule has 0 aliphatic carbocycles. The summed E-state index contributed by atoms with van der Waals surface area (Å²) in [6.07, 6.45) is 4.03. The molecule has 5 heteroatoms. The van der Waals surface area contributed by atoms with Gasteiger partial charge in [0.15, 0.2) is 0 Å². The van der Waals surface area contributed by atoms with Gasteiger partial charge in [0.25, 0.3) is 0 Å². The maximum atomic E-state index is 12.2. The molecule has 2 rings (SSSR count). The van der Waals surface area contributed by atoms with Crippen LogP contribution in [0.2, 0.25) is 0 Å². The number of piperidine rings is 1. The molecular weight excluding hydrogens is 228 g/mol. The van der Waals surface area contributed by atoms with Gasteiger partial charge in [-0.15, -0.1) is 0 Å².